The van der Waals surface area contributed by atoms with Crippen molar-refractivity contribution in [2.24, 2.45) is 11.3 Å². The fraction of sp³-hybridized carbons (Fsp3) is 0.423. The maximum absolute atomic E-state index is 14.5. The molecule has 1 saturated heterocycles. The fourth-order valence-corrected chi connectivity index (χ4v) is 5.90. The number of rotatable bonds is 8. The van der Waals surface area contributed by atoms with Crippen molar-refractivity contribution in [3.63, 3.8) is 0 Å². The lowest BCUT2D eigenvalue weighted by atomic mass is 9.82. The molecule has 38 heavy (non-hydrogen) atoms. The Morgan fingerprint density at radius 2 is 1.95 bits per heavy atom. The van der Waals surface area contributed by atoms with E-state index in [-0.39, 0.29) is 28.5 Å². The summed E-state index contributed by atoms with van der Waals surface area (Å²) in [5, 5.41) is 1.38. The zero-order valence-corrected chi connectivity index (χ0v) is 23.5. The van der Waals surface area contributed by atoms with E-state index < -0.39 is 21.7 Å². The Bertz CT molecular complexity index is 1440. The van der Waals surface area contributed by atoms with E-state index in [1.807, 2.05) is 18.7 Å². The summed E-state index contributed by atoms with van der Waals surface area (Å²) >= 11 is 0.821. The van der Waals surface area contributed by atoms with E-state index in [1.54, 1.807) is 12.1 Å². The number of hydrogen-bond donors (Lipinski definition) is 2. The van der Waals surface area contributed by atoms with Crippen molar-refractivity contribution in [3.05, 3.63) is 47.1 Å². The Labute approximate surface area is 227 Å². The molecule has 1 aliphatic rings. The second-order valence-corrected chi connectivity index (χ2v) is 13.3. The summed E-state index contributed by atoms with van der Waals surface area (Å²) in [6, 6.07) is 7.45. The molecule has 0 bridgehead atoms. The van der Waals surface area contributed by atoms with E-state index in [0.717, 1.165) is 24.2 Å². The van der Waals surface area contributed by atoms with E-state index in [1.165, 1.54) is 23.6 Å². The summed E-state index contributed by atoms with van der Waals surface area (Å²) in [5.41, 5.74) is 6.71. The minimum Gasteiger partial charge on any atom is -0.493 e. The van der Waals surface area contributed by atoms with Crippen LogP contribution in [-0.4, -0.2) is 44.0 Å². The maximum atomic E-state index is 14.5. The van der Waals surface area contributed by atoms with Gasteiger partial charge in [-0.2, -0.15) is 8.42 Å². The van der Waals surface area contributed by atoms with E-state index in [0.29, 0.717) is 42.5 Å². The number of nitrogen functional groups attached to an aromatic ring is 1. The standard InChI is InChI=1S/C26H32FN5O4S2.H2/c1-16(2)14-36-19-12-17(11-18(27)13-19)21-6-5-20(23(29-21)32-9-7-26(3,4)8-10-32)24(33)31-38(34,35)25-30-22(28)15-37-25;/h5-6,11-13,15-16H,7-10,14,28H2,1-4H3,(H,31,33);1H. The van der Waals surface area contributed by atoms with Crippen molar-refractivity contribution in [2.75, 3.05) is 30.3 Å². The van der Waals surface area contributed by atoms with Crippen LogP contribution in [0, 0.1) is 17.2 Å². The van der Waals surface area contributed by atoms with Gasteiger partial charge < -0.3 is 15.4 Å². The number of carbonyl (C=O) groups is 1. The molecule has 9 nitrogen and oxygen atoms in total. The lowest BCUT2D eigenvalue weighted by molar-refractivity contribution is 0.0981. The van der Waals surface area contributed by atoms with Gasteiger partial charge in [0.05, 0.1) is 17.9 Å². The minimum atomic E-state index is -4.22. The fourth-order valence-electron chi connectivity index (χ4n) is 4.02. The van der Waals surface area contributed by atoms with Gasteiger partial charge in [0.25, 0.3) is 15.9 Å². The SMILES string of the molecule is CC(C)COc1cc(F)cc(-c2ccc(C(=O)NS(=O)(=O)c3nc(N)cs3)c(N3CCC(C)(C)CC3)n2)c1.[HH]. The number of amides is 1. The van der Waals surface area contributed by atoms with E-state index in [2.05, 4.69) is 23.6 Å². The lowest BCUT2D eigenvalue weighted by Crippen LogP contribution is -2.39. The predicted octanol–water partition coefficient (Wildman–Crippen LogP) is 4.95. The van der Waals surface area contributed by atoms with Crippen molar-refractivity contribution in [3.8, 4) is 17.0 Å². The number of halogens is 1. The van der Waals surface area contributed by atoms with Crippen molar-refractivity contribution in [1.29, 1.82) is 0 Å². The molecular formula is C26H34FN5O4S2. The molecule has 0 radical (unpaired) electrons. The predicted molar refractivity (Wildman–Crippen MR) is 148 cm³/mol. The summed E-state index contributed by atoms with van der Waals surface area (Å²) < 4.78 is 47.5. The van der Waals surface area contributed by atoms with Gasteiger partial charge in [0, 0.05) is 31.5 Å². The van der Waals surface area contributed by atoms with Crippen LogP contribution in [0.1, 0.15) is 52.3 Å². The van der Waals surface area contributed by atoms with Crippen LogP contribution in [0.15, 0.2) is 40.1 Å². The zero-order valence-electron chi connectivity index (χ0n) is 21.8. The lowest BCUT2D eigenvalue weighted by Gasteiger charge is -2.38. The first kappa shape index (κ1) is 27.8. The number of pyridine rings is 1. The molecule has 0 spiro atoms. The monoisotopic (exact) mass is 563 g/mol. The van der Waals surface area contributed by atoms with E-state index in [4.69, 9.17) is 15.5 Å². The van der Waals surface area contributed by atoms with Gasteiger partial charge in [0.1, 0.15) is 23.2 Å². The summed E-state index contributed by atoms with van der Waals surface area (Å²) in [4.78, 5) is 23.7. The van der Waals surface area contributed by atoms with Gasteiger partial charge in [0.2, 0.25) is 4.34 Å². The summed E-state index contributed by atoms with van der Waals surface area (Å²) in [7, 11) is -4.22. The molecule has 1 aliphatic heterocycles. The van der Waals surface area contributed by atoms with Crippen LogP contribution < -0.4 is 20.1 Å². The highest BCUT2D eigenvalue weighted by molar-refractivity contribution is 7.92. The molecule has 0 aliphatic carbocycles. The first-order chi connectivity index (χ1) is 17.8. The number of benzene rings is 1. The topological polar surface area (TPSA) is 128 Å². The van der Waals surface area contributed by atoms with Crippen LogP contribution in [0.4, 0.5) is 16.0 Å². The first-order valence-electron chi connectivity index (χ1n) is 12.3. The number of hydrogen-bond acceptors (Lipinski definition) is 9. The quantitative estimate of drug-likeness (QED) is 0.394. The Balaban J connectivity index is 0.00000420. The smallest absolute Gasteiger partial charge is 0.291 e. The Kier molecular flexibility index (Phi) is 7.93. The van der Waals surface area contributed by atoms with Crippen molar-refractivity contribution in [2.45, 2.75) is 44.9 Å². The van der Waals surface area contributed by atoms with Gasteiger partial charge in [-0.25, -0.2) is 19.1 Å². The molecule has 3 heterocycles. The summed E-state index contributed by atoms with van der Waals surface area (Å²) in [5.74, 6) is -0.273. The van der Waals surface area contributed by atoms with Crippen LogP contribution >= 0.6 is 11.3 Å². The zero-order chi connectivity index (χ0) is 27.7. The molecule has 0 saturated carbocycles. The largest absolute Gasteiger partial charge is 0.493 e. The molecule has 1 fully saturated rings. The average molecular weight is 564 g/mol. The Morgan fingerprint density at radius 3 is 2.58 bits per heavy atom. The molecule has 4 rings (SSSR count). The number of nitrogens with two attached hydrogens (primary N) is 1. The van der Waals surface area contributed by atoms with Crippen LogP contribution in [0.2, 0.25) is 0 Å². The third-order valence-corrected chi connectivity index (χ3v) is 8.85. The van der Waals surface area contributed by atoms with Gasteiger partial charge in [-0.3, -0.25) is 4.79 Å². The number of carbonyl (C=O) groups excluding carboxylic acids is 1. The number of thiazole rings is 1. The van der Waals surface area contributed by atoms with Crippen LogP contribution in [0.3, 0.4) is 0 Å². The number of nitrogens with one attached hydrogen (secondary N) is 1. The molecule has 0 unspecified atom stereocenters. The van der Waals surface area contributed by atoms with Crippen molar-refractivity contribution < 1.29 is 23.8 Å². The molecule has 1 aromatic carbocycles. The number of sulfonamides is 1. The second-order valence-electron chi connectivity index (χ2n) is 10.6. The molecule has 12 heteroatoms. The van der Waals surface area contributed by atoms with Gasteiger partial charge in [-0.05, 0) is 48.4 Å². The molecule has 0 atom stereocenters. The van der Waals surface area contributed by atoms with Crippen LogP contribution in [0.5, 0.6) is 5.75 Å². The number of anilines is 2. The third kappa shape index (κ3) is 6.60. The highest BCUT2D eigenvalue weighted by Gasteiger charge is 2.30. The van der Waals surface area contributed by atoms with Gasteiger partial charge in [-0.15, -0.1) is 11.3 Å². The summed E-state index contributed by atoms with van der Waals surface area (Å²) in [6.07, 6.45) is 1.73. The molecule has 2 aromatic heterocycles. The first-order valence-corrected chi connectivity index (χ1v) is 14.7. The summed E-state index contributed by atoms with van der Waals surface area (Å²) in [6.45, 7) is 10.1. The second kappa shape index (κ2) is 10.9. The number of nitrogens with zero attached hydrogens (tertiary/aromatic N) is 3. The minimum absolute atomic E-state index is 0. The molecule has 1 amide bonds. The van der Waals surface area contributed by atoms with Crippen molar-refractivity contribution >= 4 is 38.9 Å². The highest BCUT2D eigenvalue weighted by atomic mass is 32.2. The van der Waals surface area contributed by atoms with Gasteiger partial charge in [0.15, 0.2) is 0 Å². The van der Waals surface area contributed by atoms with Crippen molar-refractivity contribution in [1.82, 2.24) is 14.7 Å². The normalized spacial score (nSPS) is 15.5. The Hall–Kier alpha value is -3.25. The maximum Gasteiger partial charge on any atom is 0.291 e. The van der Waals surface area contributed by atoms with Gasteiger partial charge in [-0.1, -0.05) is 27.7 Å². The number of ether oxygens (including phenoxy) is 1. The molecule has 3 aromatic rings. The van der Waals surface area contributed by atoms with Crippen LogP contribution in [0.25, 0.3) is 11.3 Å². The average Bonchev–Trinajstić information content (AvgIpc) is 3.29. The number of piperidine rings is 1. The van der Waals surface area contributed by atoms with Crippen LogP contribution in [-0.2, 0) is 10.0 Å². The molecular weight excluding hydrogens is 529 g/mol. The third-order valence-electron chi connectivity index (χ3n) is 6.24. The number of aromatic nitrogens is 2. The van der Waals surface area contributed by atoms with E-state index >= 15 is 0 Å². The Morgan fingerprint density at radius 1 is 1.24 bits per heavy atom. The van der Waals surface area contributed by atoms with E-state index in [9.17, 15) is 17.6 Å². The highest BCUT2D eigenvalue weighted by Crippen LogP contribution is 2.34. The molecule has 3 N–H and O–H groups in total. The van der Waals surface area contributed by atoms with Gasteiger partial charge >= 0.3 is 0 Å². The molecule has 206 valence electrons.